The fraction of sp³-hybridized carbons (Fsp3) is 0.235. The first kappa shape index (κ1) is 16.7. The van der Waals surface area contributed by atoms with E-state index in [0.29, 0.717) is 26.6 Å². The van der Waals surface area contributed by atoms with Crippen molar-refractivity contribution in [3.63, 3.8) is 0 Å². The molecule has 0 radical (unpaired) electrons. The standard InChI is InChI=1S/C17H15ClN2O3S/c1-3-11-7-12-16(24-11)19-9-20(17(12)22)8-14(21)10-4-5-15(23-2)13(18)6-10/h4-7,9H,3,8H2,1-2H3. The Morgan fingerprint density at radius 3 is 2.83 bits per heavy atom. The molecule has 124 valence electrons. The van der Waals surface area contributed by atoms with Crippen molar-refractivity contribution in [3.8, 4) is 5.75 Å². The molecule has 0 saturated carbocycles. The molecule has 0 aliphatic heterocycles. The van der Waals surface area contributed by atoms with Crippen molar-refractivity contribution in [2.45, 2.75) is 19.9 Å². The van der Waals surface area contributed by atoms with Gasteiger partial charge in [-0.1, -0.05) is 18.5 Å². The van der Waals surface area contributed by atoms with Crippen LogP contribution in [0, 0.1) is 0 Å². The number of ketones is 1. The highest BCUT2D eigenvalue weighted by molar-refractivity contribution is 7.18. The van der Waals surface area contributed by atoms with Crippen LogP contribution < -0.4 is 10.3 Å². The first-order chi connectivity index (χ1) is 11.5. The number of halogens is 1. The lowest BCUT2D eigenvalue weighted by Crippen LogP contribution is -2.24. The van der Waals surface area contributed by atoms with E-state index in [1.807, 2.05) is 13.0 Å². The van der Waals surface area contributed by atoms with Gasteiger partial charge in [0.1, 0.15) is 10.6 Å². The van der Waals surface area contributed by atoms with Gasteiger partial charge in [-0.15, -0.1) is 11.3 Å². The monoisotopic (exact) mass is 362 g/mol. The van der Waals surface area contributed by atoms with E-state index in [2.05, 4.69) is 4.98 Å². The second kappa shape index (κ2) is 6.75. The van der Waals surface area contributed by atoms with Crippen LogP contribution in [0.4, 0.5) is 0 Å². The lowest BCUT2D eigenvalue weighted by atomic mass is 10.1. The van der Waals surface area contributed by atoms with Gasteiger partial charge in [0.2, 0.25) is 0 Å². The van der Waals surface area contributed by atoms with Crippen LogP contribution in [0.5, 0.6) is 5.75 Å². The van der Waals surface area contributed by atoms with E-state index in [9.17, 15) is 9.59 Å². The van der Waals surface area contributed by atoms with Gasteiger partial charge >= 0.3 is 0 Å². The van der Waals surface area contributed by atoms with Crippen LogP contribution in [0.1, 0.15) is 22.2 Å². The Bertz CT molecular complexity index is 978. The number of carbonyl (C=O) groups is 1. The molecule has 3 rings (SSSR count). The number of aryl methyl sites for hydroxylation is 1. The molecule has 2 heterocycles. The summed E-state index contributed by atoms with van der Waals surface area (Å²) in [5.74, 6) is 0.285. The number of fused-ring (bicyclic) bond motifs is 1. The number of hydrogen-bond donors (Lipinski definition) is 0. The van der Waals surface area contributed by atoms with Crippen molar-refractivity contribution in [1.29, 1.82) is 0 Å². The molecule has 0 amide bonds. The summed E-state index contributed by atoms with van der Waals surface area (Å²) in [6.07, 6.45) is 2.27. The number of rotatable bonds is 5. The average Bonchev–Trinajstić information content (AvgIpc) is 3.01. The molecule has 24 heavy (non-hydrogen) atoms. The number of Topliss-reactive ketones (excluding diaryl/α,β-unsaturated/α-hetero) is 1. The van der Waals surface area contributed by atoms with Crippen molar-refractivity contribution >= 4 is 38.9 Å². The maximum Gasteiger partial charge on any atom is 0.262 e. The number of aromatic nitrogens is 2. The Hall–Kier alpha value is -2.18. The molecule has 0 aliphatic carbocycles. The van der Waals surface area contributed by atoms with Gasteiger partial charge in [0.15, 0.2) is 5.78 Å². The topological polar surface area (TPSA) is 61.2 Å². The quantitative estimate of drug-likeness (QED) is 0.651. The van der Waals surface area contributed by atoms with E-state index in [4.69, 9.17) is 16.3 Å². The lowest BCUT2D eigenvalue weighted by molar-refractivity contribution is 0.0970. The van der Waals surface area contributed by atoms with Gasteiger partial charge < -0.3 is 4.74 Å². The second-order valence-corrected chi connectivity index (χ2v) is 6.76. The molecule has 0 spiro atoms. The van der Waals surface area contributed by atoms with Crippen molar-refractivity contribution in [1.82, 2.24) is 9.55 Å². The Labute approximate surface area is 147 Å². The smallest absolute Gasteiger partial charge is 0.262 e. The zero-order chi connectivity index (χ0) is 17.3. The van der Waals surface area contributed by atoms with Crippen molar-refractivity contribution in [2.24, 2.45) is 0 Å². The molecule has 3 aromatic rings. The molecule has 0 N–H and O–H groups in total. The number of methoxy groups -OCH3 is 1. The van der Waals surface area contributed by atoms with Gasteiger partial charge in [-0.25, -0.2) is 4.98 Å². The summed E-state index contributed by atoms with van der Waals surface area (Å²) in [4.78, 5) is 31.0. The molecule has 0 atom stereocenters. The van der Waals surface area contributed by atoms with Gasteiger partial charge in [-0.3, -0.25) is 14.2 Å². The van der Waals surface area contributed by atoms with Crippen molar-refractivity contribution in [2.75, 3.05) is 7.11 Å². The summed E-state index contributed by atoms with van der Waals surface area (Å²) in [5.41, 5.74) is 0.219. The normalized spacial score (nSPS) is 11.0. The first-order valence-electron chi connectivity index (χ1n) is 7.38. The molecule has 0 unspecified atom stereocenters. The minimum atomic E-state index is -0.214. The highest BCUT2D eigenvalue weighted by Crippen LogP contribution is 2.25. The maximum atomic E-state index is 12.5. The Morgan fingerprint density at radius 2 is 2.17 bits per heavy atom. The van der Waals surface area contributed by atoms with Crippen LogP contribution in [0.2, 0.25) is 5.02 Å². The highest BCUT2D eigenvalue weighted by Gasteiger charge is 2.13. The van der Waals surface area contributed by atoms with E-state index in [-0.39, 0.29) is 17.9 Å². The molecular weight excluding hydrogens is 348 g/mol. The Morgan fingerprint density at radius 1 is 1.38 bits per heavy atom. The van der Waals surface area contributed by atoms with Gasteiger partial charge in [-0.2, -0.15) is 0 Å². The van der Waals surface area contributed by atoms with E-state index in [0.717, 1.165) is 11.3 Å². The minimum Gasteiger partial charge on any atom is -0.495 e. The third-order valence-corrected chi connectivity index (χ3v) is 5.19. The Balaban J connectivity index is 1.91. The van der Waals surface area contributed by atoms with Gasteiger partial charge in [0.25, 0.3) is 5.56 Å². The molecular formula is C17H15ClN2O3S. The lowest BCUT2D eigenvalue weighted by Gasteiger charge is -2.07. The summed E-state index contributed by atoms with van der Waals surface area (Å²) in [5, 5.41) is 0.912. The number of carbonyl (C=O) groups excluding carboxylic acids is 1. The number of nitrogens with zero attached hydrogens (tertiary/aromatic N) is 2. The summed E-state index contributed by atoms with van der Waals surface area (Å²) in [6, 6.07) is 6.65. The van der Waals surface area contributed by atoms with E-state index in [1.54, 1.807) is 18.2 Å². The largest absolute Gasteiger partial charge is 0.495 e. The van der Waals surface area contributed by atoms with Crippen LogP contribution in [0.15, 0.2) is 35.4 Å². The van der Waals surface area contributed by atoms with E-state index >= 15 is 0 Å². The van der Waals surface area contributed by atoms with Crippen LogP contribution in [-0.2, 0) is 13.0 Å². The van der Waals surface area contributed by atoms with Gasteiger partial charge in [0.05, 0.1) is 30.4 Å². The molecule has 0 aliphatic rings. The summed E-state index contributed by atoms with van der Waals surface area (Å²) in [6.45, 7) is 1.95. The predicted octanol–water partition coefficient (Wildman–Crippen LogP) is 3.57. The fourth-order valence-electron chi connectivity index (χ4n) is 2.38. The van der Waals surface area contributed by atoms with Gasteiger partial charge in [0, 0.05) is 10.4 Å². The van der Waals surface area contributed by atoms with E-state index < -0.39 is 0 Å². The summed E-state index contributed by atoms with van der Waals surface area (Å²) >= 11 is 7.55. The van der Waals surface area contributed by atoms with Crippen LogP contribution in [0.3, 0.4) is 0 Å². The molecule has 5 nitrogen and oxygen atoms in total. The third-order valence-electron chi connectivity index (χ3n) is 3.71. The first-order valence-corrected chi connectivity index (χ1v) is 8.57. The van der Waals surface area contributed by atoms with E-state index in [1.165, 1.54) is 29.3 Å². The number of thiophene rings is 1. The molecule has 0 bridgehead atoms. The molecule has 0 fully saturated rings. The number of hydrogen-bond acceptors (Lipinski definition) is 5. The fourth-order valence-corrected chi connectivity index (χ4v) is 3.57. The molecule has 2 aromatic heterocycles. The predicted molar refractivity (Wildman–Crippen MR) is 95.6 cm³/mol. The van der Waals surface area contributed by atoms with Crippen LogP contribution in [0.25, 0.3) is 10.2 Å². The summed E-state index contributed by atoms with van der Waals surface area (Å²) < 4.78 is 6.40. The zero-order valence-electron chi connectivity index (χ0n) is 13.2. The van der Waals surface area contributed by atoms with Crippen LogP contribution in [-0.4, -0.2) is 22.4 Å². The summed E-state index contributed by atoms with van der Waals surface area (Å²) in [7, 11) is 1.51. The number of ether oxygens (including phenoxy) is 1. The van der Waals surface area contributed by atoms with Gasteiger partial charge in [-0.05, 0) is 30.7 Å². The zero-order valence-corrected chi connectivity index (χ0v) is 14.8. The second-order valence-electron chi connectivity index (χ2n) is 5.24. The molecule has 7 heteroatoms. The minimum absolute atomic E-state index is 0.0816. The SMILES string of the molecule is CCc1cc2c(=O)n(CC(=O)c3ccc(OC)c(Cl)c3)cnc2s1. The molecule has 0 saturated heterocycles. The van der Waals surface area contributed by atoms with Crippen molar-refractivity contribution in [3.05, 3.63) is 56.4 Å². The third kappa shape index (κ3) is 3.07. The Kier molecular flexibility index (Phi) is 4.69. The van der Waals surface area contributed by atoms with Crippen molar-refractivity contribution < 1.29 is 9.53 Å². The average molecular weight is 363 g/mol. The number of benzene rings is 1. The van der Waals surface area contributed by atoms with Crippen LogP contribution >= 0.6 is 22.9 Å². The highest BCUT2D eigenvalue weighted by atomic mass is 35.5. The molecule has 1 aromatic carbocycles. The maximum absolute atomic E-state index is 12.5.